The van der Waals surface area contributed by atoms with Gasteiger partial charge in [-0.1, -0.05) is 12.1 Å². The normalized spacial score (nSPS) is 22.7. The first-order valence-electron chi connectivity index (χ1n) is 7.23. The first-order valence-corrected chi connectivity index (χ1v) is 7.23. The van der Waals surface area contributed by atoms with Crippen molar-refractivity contribution in [2.75, 3.05) is 5.32 Å². The smallest absolute Gasteiger partial charge is 0.183 e. The molecule has 106 valence electrons. The molecule has 4 N–H and O–H groups in total. The summed E-state index contributed by atoms with van der Waals surface area (Å²) in [6.07, 6.45) is 4.45. The first kappa shape index (κ1) is 13.1. The molecule has 0 saturated heterocycles. The minimum absolute atomic E-state index is 0.374. The molecule has 1 aliphatic carbocycles. The number of aromatic nitrogens is 3. The van der Waals surface area contributed by atoms with E-state index in [4.69, 9.17) is 5.73 Å². The number of nitrogens with one attached hydrogen (secondary N) is 2. The lowest BCUT2D eigenvalue weighted by molar-refractivity contribution is 0.411. The lowest BCUT2D eigenvalue weighted by Crippen LogP contribution is -2.32. The molecular formula is C15H21N5. The summed E-state index contributed by atoms with van der Waals surface area (Å²) in [5.74, 6) is 1.58. The third kappa shape index (κ3) is 2.82. The molecule has 0 bridgehead atoms. The molecule has 1 aromatic carbocycles. The monoisotopic (exact) mass is 271 g/mol. The SMILES string of the molecule is Cc1nc(-c2ccccc2NC2CCC(N)CC2)n[nH]1. The Morgan fingerprint density at radius 3 is 2.65 bits per heavy atom. The van der Waals surface area contributed by atoms with E-state index in [1.54, 1.807) is 0 Å². The molecular weight excluding hydrogens is 250 g/mol. The minimum atomic E-state index is 0.374. The highest BCUT2D eigenvalue weighted by molar-refractivity contribution is 5.73. The zero-order valence-corrected chi connectivity index (χ0v) is 11.8. The number of para-hydroxylation sites is 1. The van der Waals surface area contributed by atoms with E-state index < -0.39 is 0 Å². The van der Waals surface area contributed by atoms with Gasteiger partial charge in [0.2, 0.25) is 0 Å². The van der Waals surface area contributed by atoms with Crippen LogP contribution in [-0.2, 0) is 0 Å². The predicted molar refractivity (Wildman–Crippen MR) is 80.4 cm³/mol. The molecule has 2 aromatic rings. The molecule has 0 aliphatic heterocycles. The van der Waals surface area contributed by atoms with Crippen molar-refractivity contribution in [3.05, 3.63) is 30.1 Å². The fourth-order valence-electron chi connectivity index (χ4n) is 2.75. The van der Waals surface area contributed by atoms with E-state index in [9.17, 15) is 0 Å². The number of rotatable bonds is 3. The fraction of sp³-hybridized carbons (Fsp3) is 0.467. The van der Waals surface area contributed by atoms with Gasteiger partial charge >= 0.3 is 0 Å². The summed E-state index contributed by atoms with van der Waals surface area (Å²) < 4.78 is 0. The fourth-order valence-corrected chi connectivity index (χ4v) is 2.75. The van der Waals surface area contributed by atoms with Crippen molar-refractivity contribution >= 4 is 5.69 Å². The van der Waals surface area contributed by atoms with Crippen LogP contribution in [0.25, 0.3) is 11.4 Å². The number of hydrogen-bond acceptors (Lipinski definition) is 4. The third-order valence-electron chi connectivity index (χ3n) is 3.90. The molecule has 0 atom stereocenters. The maximum atomic E-state index is 5.96. The van der Waals surface area contributed by atoms with Crippen molar-refractivity contribution in [3.8, 4) is 11.4 Å². The topological polar surface area (TPSA) is 79.6 Å². The van der Waals surface area contributed by atoms with Gasteiger partial charge in [0.25, 0.3) is 0 Å². The number of benzene rings is 1. The number of aryl methyl sites for hydroxylation is 1. The van der Waals surface area contributed by atoms with Gasteiger partial charge < -0.3 is 11.1 Å². The highest BCUT2D eigenvalue weighted by Gasteiger charge is 2.19. The van der Waals surface area contributed by atoms with Crippen LogP contribution in [0.4, 0.5) is 5.69 Å². The molecule has 0 amide bonds. The minimum Gasteiger partial charge on any atom is -0.382 e. The number of aromatic amines is 1. The molecule has 5 heteroatoms. The summed E-state index contributed by atoms with van der Waals surface area (Å²) in [6, 6.07) is 9.08. The third-order valence-corrected chi connectivity index (χ3v) is 3.90. The lowest BCUT2D eigenvalue weighted by atomic mass is 9.91. The maximum absolute atomic E-state index is 5.96. The molecule has 5 nitrogen and oxygen atoms in total. The molecule has 20 heavy (non-hydrogen) atoms. The van der Waals surface area contributed by atoms with Crippen molar-refractivity contribution in [2.45, 2.75) is 44.7 Å². The molecule has 0 unspecified atom stereocenters. The van der Waals surface area contributed by atoms with E-state index in [1.807, 2.05) is 19.1 Å². The Labute approximate surface area is 119 Å². The van der Waals surface area contributed by atoms with E-state index >= 15 is 0 Å². The summed E-state index contributed by atoms with van der Waals surface area (Å²) in [5, 5.41) is 10.8. The maximum Gasteiger partial charge on any atom is 0.183 e. The van der Waals surface area contributed by atoms with Crippen LogP contribution in [-0.4, -0.2) is 27.3 Å². The largest absolute Gasteiger partial charge is 0.382 e. The van der Waals surface area contributed by atoms with Gasteiger partial charge in [-0.15, -0.1) is 0 Å². The van der Waals surface area contributed by atoms with E-state index in [0.717, 1.165) is 48.6 Å². The number of nitrogens with zero attached hydrogens (tertiary/aromatic N) is 2. The van der Waals surface area contributed by atoms with Crippen LogP contribution in [0.3, 0.4) is 0 Å². The zero-order chi connectivity index (χ0) is 13.9. The molecule has 1 aliphatic rings. The van der Waals surface area contributed by atoms with Crippen molar-refractivity contribution in [1.82, 2.24) is 15.2 Å². The van der Waals surface area contributed by atoms with Crippen molar-refractivity contribution in [3.63, 3.8) is 0 Å². The average Bonchev–Trinajstić information content (AvgIpc) is 2.88. The molecule has 1 aromatic heterocycles. The molecule has 1 saturated carbocycles. The van der Waals surface area contributed by atoms with Crippen molar-refractivity contribution in [1.29, 1.82) is 0 Å². The van der Waals surface area contributed by atoms with Gasteiger partial charge in [0, 0.05) is 23.3 Å². The van der Waals surface area contributed by atoms with Crippen LogP contribution < -0.4 is 11.1 Å². The van der Waals surface area contributed by atoms with E-state index in [-0.39, 0.29) is 0 Å². The summed E-state index contributed by atoms with van der Waals surface area (Å²) >= 11 is 0. The van der Waals surface area contributed by atoms with Gasteiger partial charge in [-0.3, -0.25) is 5.10 Å². The molecule has 0 radical (unpaired) electrons. The van der Waals surface area contributed by atoms with E-state index in [0.29, 0.717) is 12.1 Å². The zero-order valence-electron chi connectivity index (χ0n) is 11.8. The van der Waals surface area contributed by atoms with Crippen LogP contribution in [0.5, 0.6) is 0 Å². The van der Waals surface area contributed by atoms with Gasteiger partial charge in [0.05, 0.1) is 0 Å². The second-order valence-corrected chi connectivity index (χ2v) is 5.55. The number of anilines is 1. The van der Waals surface area contributed by atoms with Crippen LogP contribution >= 0.6 is 0 Å². The molecule has 1 fully saturated rings. The summed E-state index contributed by atoms with van der Waals surface area (Å²) in [5.41, 5.74) is 8.11. The highest BCUT2D eigenvalue weighted by Crippen LogP contribution is 2.28. The standard InChI is InChI=1S/C15H21N5/c1-10-17-15(20-19-10)13-4-2-3-5-14(13)18-12-8-6-11(16)7-9-12/h2-5,11-12,18H,6-9,16H2,1H3,(H,17,19,20). The van der Waals surface area contributed by atoms with Gasteiger partial charge in [-0.05, 0) is 44.7 Å². The Balaban J connectivity index is 1.80. The number of H-pyrrole nitrogens is 1. The van der Waals surface area contributed by atoms with Crippen LogP contribution in [0.15, 0.2) is 24.3 Å². The van der Waals surface area contributed by atoms with Crippen molar-refractivity contribution < 1.29 is 0 Å². The van der Waals surface area contributed by atoms with E-state index in [1.165, 1.54) is 0 Å². The van der Waals surface area contributed by atoms with E-state index in [2.05, 4.69) is 32.6 Å². The highest BCUT2D eigenvalue weighted by atomic mass is 15.2. The average molecular weight is 271 g/mol. The van der Waals surface area contributed by atoms with Crippen molar-refractivity contribution in [2.24, 2.45) is 5.73 Å². The second-order valence-electron chi connectivity index (χ2n) is 5.55. The number of hydrogen-bond donors (Lipinski definition) is 3. The summed E-state index contributed by atoms with van der Waals surface area (Å²) in [6.45, 7) is 1.91. The Morgan fingerprint density at radius 2 is 1.95 bits per heavy atom. The number of nitrogens with two attached hydrogens (primary N) is 1. The van der Waals surface area contributed by atoms with Crippen LogP contribution in [0.1, 0.15) is 31.5 Å². The second kappa shape index (κ2) is 5.63. The Hall–Kier alpha value is -1.88. The Kier molecular flexibility index (Phi) is 3.69. The Morgan fingerprint density at radius 1 is 1.20 bits per heavy atom. The molecule has 1 heterocycles. The van der Waals surface area contributed by atoms with Crippen LogP contribution in [0.2, 0.25) is 0 Å². The van der Waals surface area contributed by atoms with Gasteiger partial charge in [0.1, 0.15) is 5.82 Å². The molecule has 3 rings (SSSR count). The first-order chi connectivity index (χ1) is 9.72. The summed E-state index contributed by atoms with van der Waals surface area (Å²) in [4.78, 5) is 4.42. The van der Waals surface area contributed by atoms with Crippen LogP contribution in [0, 0.1) is 6.92 Å². The van der Waals surface area contributed by atoms with Gasteiger partial charge in [0.15, 0.2) is 5.82 Å². The summed E-state index contributed by atoms with van der Waals surface area (Å²) in [7, 11) is 0. The van der Waals surface area contributed by atoms with Gasteiger partial charge in [-0.25, -0.2) is 4.98 Å². The quantitative estimate of drug-likeness (QED) is 0.801. The predicted octanol–water partition coefficient (Wildman–Crippen LogP) is 2.46. The lowest BCUT2D eigenvalue weighted by Gasteiger charge is -2.28. The Bertz CT molecular complexity index is 569. The van der Waals surface area contributed by atoms with Gasteiger partial charge in [-0.2, -0.15) is 5.10 Å². The molecule has 0 spiro atoms.